The van der Waals surface area contributed by atoms with Crippen molar-refractivity contribution in [2.75, 3.05) is 30.4 Å². The Hall–Kier alpha value is -3.16. The summed E-state index contributed by atoms with van der Waals surface area (Å²) in [5.74, 6) is 1.89. The van der Waals surface area contributed by atoms with Gasteiger partial charge in [-0.15, -0.1) is 0 Å². The number of benzene rings is 1. The number of carbonyl (C=O) groups excluding carboxylic acids is 2. The predicted molar refractivity (Wildman–Crippen MR) is 110 cm³/mol. The van der Waals surface area contributed by atoms with E-state index in [1.165, 1.54) is 0 Å². The molecule has 2 aliphatic rings. The minimum atomic E-state index is -0.170. The monoisotopic (exact) mass is 395 g/mol. The van der Waals surface area contributed by atoms with Crippen molar-refractivity contribution in [1.29, 1.82) is 0 Å². The van der Waals surface area contributed by atoms with Crippen LogP contribution in [0.5, 0.6) is 5.75 Å². The molecule has 2 amide bonds. The maximum Gasteiger partial charge on any atom is 0.270 e. The third-order valence-electron chi connectivity index (χ3n) is 5.26. The van der Waals surface area contributed by atoms with Crippen molar-refractivity contribution in [3.63, 3.8) is 0 Å². The summed E-state index contributed by atoms with van der Waals surface area (Å²) in [6.07, 6.45) is 1.01. The summed E-state index contributed by atoms with van der Waals surface area (Å²) < 4.78 is 5.41. The minimum Gasteiger partial charge on any atom is -0.495 e. The number of nitrogens with zero attached hydrogens (tertiary/aromatic N) is 3. The van der Waals surface area contributed by atoms with Crippen LogP contribution in [0.1, 0.15) is 48.1 Å². The Morgan fingerprint density at radius 1 is 1.24 bits per heavy atom. The first-order valence-electron chi connectivity index (χ1n) is 9.87. The molecule has 29 heavy (non-hydrogen) atoms. The molecule has 3 heterocycles. The third kappa shape index (κ3) is 3.62. The zero-order valence-corrected chi connectivity index (χ0v) is 16.9. The number of carbonyl (C=O) groups is 2. The van der Waals surface area contributed by atoms with Gasteiger partial charge in [0.1, 0.15) is 23.1 Å². The average molecular weight is 395 g/mol. The van der Waals surface area contributed by atoms with Gasteiger partial charge in [-0.05, 0) is 18.6 Å². The Kier molecular flexibility index (Phi) is 5.08. The number of fused-ring (bicyclic) bond motifs is 1. The molecular weight excluding hydrogens is 370 g/mol. The highest BCUT2D eigenvalue weighted by molar-refractivity contribution is 5.98. The zero-order valence-electron chi connectivity index (χ0n) is 16.9. The van der Waals surface area contributed by atoms with Crippen molar-refractivity contribution in [3.8, 4) is 5.75 Å². The SMILES string of the molecule is COc1ccccc1N1CC(Nc2nc(C(C)C)nc3c2CCNC3=O)CC1=O. The van der Waals surface area contributed by atoms with Gasteiger partial charge in [0.25, 0.3) is 5.91 Å². The van der Waals surface area contributed by atoms with Gasteiger partial charge in [-0.3, -0.25) is 9.59 Å². The lowest BCUT2D eigenvalue weighted by Crippen LogP contribution is -2.35. The lowest BCUT2D eigenvalue weighted by molar-refractivity contribution is -0.117. The standard InChI is InChI=1S/C21H25N5O3/c1-12(2)19-24-18-14(8-9-22-21(18)28)20(25-19)23-13-10-17(27)26(11-13)15-6-4-5-7-16(15)29-3/h4-7,12-13H,8-11H2,1-3H3,(H,22,28)(H,23,24,25). The van der Waals surface area contributed by atoms with E-state index in [2.05, 4.69) is 20.6 Å². The summed E-state index contributed by atoms with van der Waals surface area (Å²) in [7, 11) is 1.60. The van der Waals surface area contributed by atoms with Gasteiger partial charge in [0, 0.05) is 31.0 Å². The molecule has 0 bridgehead atoms. The third-order valence-corrected chi connectivity index (χ3v) is 5.26. The van der Waals surface area contributed by atoms with Crippen molar-refractivity contribution in [1.82, 2.24) is 15.3 Å². The molecule has 8 nitrogen and oxygen atoms in total. The van der Waals surface area contributed by atoms with Crippen LogP contribution < -0.4 is 20.3 Å². The van der Waals surface area contributed by atoms with E-state index in [1.54, 1.807) is 12.0 Å². The van der Waals surface area contributed by atoms with E-state index in [9.17, 15) is 9.59 Å². The van der Waals surface area contributed by atoms with Gasteiger partial charge >= 0.3 is 0 Å². The number of methoxy groups -OCH3 is 1. The van der Waals surface area contributed by atoms with E-state index in [1.807, 2.05) is 38.1 Å². The normalized spacial score (nSPS) is 18.6. The van der Waals surface area contributed by atoms with Gasteiger partial charge in [-0.1, -0.05) is 26.0 Å². The predicted octanol–water partition coefficient (Wildman–Crippen LogP) is 2.11. The van der Waals surface area contributed by atoms with E-state index >= 15 is 0 Å². The van der Waals surface area contributed by atoms with E-state index in [-0.39, 0.29) is 23.8 Å². The molecule has 1 aromatic heterocycles. The van der Waals surface area contributed by atoms with Crippen LogP contribution in [0.25, 0.3) is 0 Å². The van der Waals surface area contributed by atoms with E-state index < -0.39 is 0 Å². The molecule has 0 saturated carbocycles. The molecule has 152 valence electrons. The Morgan fingerprint density at radius 2 is 2.03 bits per heavy atom. The second-order valence-corrected chi connectivity index (χ2v) is 7.64. The highest BCUT2D eigenvalue weighted by Crippen LogP contribution is 2.32. The number of hydrogen-bond donors (Lipinski definition) is 2. The van der Waals surface area contributed by atoms with Crippen molar-refractivity contribution >= 4 is 23.3 Å². The number of para-hydroxylation sites is 2. The first-order valence-corrected chi connectivity index (χ1v) is 9.87. The van der Waals surface area contributed by atoms with Crippen LogP contribution in [0.4, 0.5) is 11.5 Å². The molecule has 2 aromatic rings. The van der Waals surface area contributed by atoms with E-state index in [4.69, 9.17) is 4.74 Å². The highest BCUT2D eigenvalue weighted by atomic mass is 16.5. The van der Waals surface area contributed by atoms with Crippen LogP contribution >= 0.6 is 0 Å². The minimum absolute atomic E-state index is 0.0248. The number of rotatable bonds is 5. The summed E-state index contributed by atoms with van der Waals surface area (Å²) in [5.41, 5.74) is 2.01. The van der Waals surface area contributed by atoms with Crippen LogP contribution in [0.15, 0.2) is 24.3 Å². The number of aromatic nitrogens is 2. The topological polar surface area (TPSA) is 96.4 Å². The molecule has 1 fully saturated rings. The fourth-order valence-corrected chi connectivity index (χ4v) is 3.77. The fourth-order valence-electron chi connectivity index (χ4n) is 3.77. The molecule has 1 unspecified atom stereocenters. The quantitative estimate of drug-likeness (QED) is 0.805. The summed E-state index contributed by atoms with van der Waals surface area (Å²) in [4.78, 5) is 35.9. The van der Waals surface area contributed by atoms with Crippen LogP contribution in [0.3, 0.4) is 0 Å². The highest BCUT2D eigenvalue weighted by Gasteiger charge is 2.34. The van der Waals surface area contributed by atoms with Gasteiger partial charge < -0.3 is 20.3 Å². The van der Waals surface area contributed by atoms with Crippen LogP contribution in [0.2, 0.25) is 0 Å². The summed E-state index contributed by atoms with van der Waals surface area (Å²) >= 11 is 0. The summed E-state index contributed by atoms with van der Waals surface area (Å²) in [5, 5.41) is 6.26. The number of nitrogens with one attached hydrogen (secondary N) is 2. The first kappa shape index (κ1) is 19.2. The number of hydrogen-bond acceptors (Lipinski definition) is 6. The second kappa shape index (κ2) is 7.69. The number of anilines is 2. The fraction of sp³-hybridized carbons (Fsp3) is 0.429. The Balaban J connectivity index is 1.62. The first-order chi connectivity index (χ1) is 14.0. The maximum absolute atomic E-state index is 12.7. The molecule has 0 radical (unpaired) electrons. The number of amides is 2. The van der Waals surface area contributed by atoms with Crippen LogP contribution in [-0.4, -0.2) is 48.0 Å². The molecule has 0 aliphatic carbocycles. The molecule has 1 atom stereocenters. The second-order valence-electron chi connectivity index (χ2n) is 7.64. The lowest BCUT2D eigenvalue weighted by atomic mass is 10.0. The van der Waals surface area contributed by atoms with E-state index in [0.717, 1.165) is 11.3 Å². The van der Waals surface area contributed by atoms with Crippen molar-refractivity contribution in [2.45, 2.75) is 38.6 Å². The van der Waals surface area contributed by atoms with Crippen molar-refractivity contribution < 1.29 is 14.3 Å². The van der Waals surface area contributed by atoms with Crippen LogP contribution in [-0.2, 0) is 11.2 Å². The Bertz CT molecular complexity index is 959. The van der Waals surface area contributed by atoms with Gasteiger partial charge in [0.2, 0.25) is 5.91 Å². The van der Waals surface area contributed by atoms with Gasteiger partial charge in [0.05, 0.1) is 18.8 Å². The molecule has 2 N–H and O–H groups in total. The molecule has 4 rings (SSSR count). The molecule has 0 spiro atoms. The summed E-state index contributed by atoms with van der Waals surface area (Å²) in [6.45, 7) is 5.05. The largest absolute Gasteiger partial charge is 0.495 e. The van der Waals surface area contributed by atoms with Crippen molar-refractivity contribution in [3.05, 3.63) is 41.3 Å². The lowest BCUT2D eigenvalue weighted by Gasteiger charge is -2.23. The Morgan fingerprint density at radius 3 is 2.79 bits per heavy atom. The molecular formula is C21H25N5O3. The molecule has 2 aliphatic heterocycles. The molecule has 1 saturated heterocycles. The van der Waals surface area contributed by atoms with Crippen molar-refractivity contribution in [2.24, 2.45) is 0 Å². The Labute approximate surface area is 169 Å². The van der Waals surface area contributed by atoms with Gasteiger partial charge in [-0.2, -0.15) is 0 Å². The van der Waals surface area contributed by atoms with Gasteiger partial charge in [0.15, 0.2) is 0 Å². The van der Waals surface area contributed by atoms with Gasteiger partial charge in [-0.25, -0.2) is 9.97 Å². The number of ether oxygens (including phenoxy) is 1. The smallest absolute Gasteiger partial charge is 0.270 e. The van der Waals surface area contributed by atoms with E-state index in [0.29, 0.717) is 49.0 Å². The molecule has 8 heteroatoms. The van der Waals surface area contributed by atoms with Crippen LogP contribution in [0, 0.1) is 0 Å². The summed E-state index contributed by atoms with van der Waals surface area (Å²) in [6, 6.07) is 7.38. The average Bonchev–Trinajstić information content (AvgIpc) is 3.08. The molecule has 1 aromatic carbocycles. The zero-order chi connectivity index (χ0) is 20.5. The maximum atomic E-state index is 12.7.